The summed E-state index contributed by atoms with van der Waals surface area (Å²) in [6.45, 7) is 3.75. The first-order chi connectivity index (χ1) is 17.4. The fraction of sp³-hybridized carbons (Fsp3) is 0.333. The Kier molecular flexibility index (Phi) is 5.27. The topological polar surface area (TPSA) is 144 Å². The van der Waals surface area contributed by atoms with Gasteiger partial charge in [0, 0.05) is 32.3 Å². The van der Waals surface area contributed by atoms with Crippen LogP contribution in [0.5, 0.6) is 0 Å². The third-order valence-corrected chi connectivity index (χ3v) is 6.54. The standard InChI is InChI=1S/C24H24N8O4/c1-14-21-19(13-26-32(21)10-11-35-14)29-23-25-8-6-17(28-23)15-4-3-5-16(27-15)18-12-20(36-30-18)24(34)7-9-31(2)22(24)33/h3-6,8,12-14,34H,7,9-11H2,1-2H3,(H,25,28,29). The van der Waals surface area contributed by atoms with Gasteiger partial charge in [-0.3, -0.25) is 9.48 Å². The van der Waals surface area contributed by atoms with Crippen molar-refractivity contribution in [1.82, 2.24) is 34.8 Å². The minimum atomic E-state index is -1.71. The first kappa shape index (κ1) is 22.3. The maximum Gasteiger partial charge on any atom is 0.262 e. The van der Waals surface area contributed by atoms with Gasteiger partial charge < -0.3 is 24.6 Å². The van der Waals surface area contributed by atoms with Crippen molar-refractivity contribution in [3.05, 3.63) is 54.2 Å². The van der Waals surface area contributed by atoms with Crippen molar-refractivity contribution in [2.24, 2.45) is 0 Å². The molecule has 4 aromatic rings. The molecule has 0 aliphatic carbocycles. The molecule has 2 unspecified atom stereocenters. The number of aliphatic hydroxyl groups is 1. The first-order valence-corrected chi connectivity index (χ1v) is 11.6. The van der Waals surface area contributed by atoms with Crippen molar-refractivity contribution < 1.29 is 19.2 Å². The molecule has 0 saturated carbocycles. The van der Waals surface area contributed by atoms with Crippen molar-refractivity contribution in [2.45, 2.75) is 31.6 Å². The van der Waals surface area contributed by atoms with E-state index in [1.807, 2.05) is 23.7 Å². The lowest BCUT2D eigenvalue weighted by molar-refractivity contribution is -0.144. The molecule has 184 valence electrons. The minimum Gasteiger partial charge on any atom is -0.373 e. The largest absolute Gasteiger partial charge is 0.373 e. The van der Waals surface area contributed by atoms with E-state index in [-0.39, 0.29) is 18.3 Å². The lowest BCUT2D eigenvalue weighted by atomic mass is 9.98. The average Bonchev–Trinajstić information content (AvgIpc) is 3.61. The number of fused-ring (bicyclic) bond motifs is 1. The summed E-state index contributed by atoms with van der Waals surface area (Å²) in [6.07, 6.45) is 3.56. The van der Waals surface area contributed by atoms with Crippen LogP contribution in [0.25, 0.3) is 22.8 Å². The highest BCUT2D eigenvalue weighted by atomic mass is 16.5. The predicted octanol–water partition coefficient (Wildman–Crippen LogP) is 2.27. The number of hydrogen-bond donors (Lipinski definition) is 2. The van der Waals surface area contributed by atoms with Crippen LogP contribution in [-0.4, -0.2) is 66.0 Å². The zero-order valence-corrected chi connectivity index (χ0v) is 19.7. The molecule has 12 heteroatoms. The molecule has 2 aliphatic heterocycles. The Morgan fingerprint density at radius 3 is 2.75 bits per heavy atom. The van der Waals surface area contributed by atoms with Crippen molar-refractivity contribution >= 4 is 17.5 Å². The molecular weight excluding hydrogens is 464 g/mol. The van der Waals surface area contributed by atoms with Gasteiger partial charge in [-0.25, -0.2) is 15.0 Å². The van der Waals surface area contributed by atoms with Crippen molar-refractivity contribution in [1.29, 1.82) is 0 Å². The number of pyridine rings is 1. The molecule has 6 heterocycles. The summed E-state index contributed by atoms with van der Waals surface area (Å²) in [7, 11) is 1.64. The fourth-order valence-electron chi connectivity index (χ4n) is 4.57. The van der Waals surface area contributed by atoms with Crippen molar-refractivity contribution in [3.8, 4) is 22.8 Å². The van der Waals surface area contributed by atoms with E-state index in [1.54, 1.807) is 37.6 Å². The number of hydrogen-bond acceptors (Lipinski definition) is 10. The highest BCUT2D eigenvalue weighted by Crippen LogP contribution is 2.35. The Labute approximate surface area is 205 Å². The number of nitrogens with zero attached hydrogens (tertiary/aromatic N) is 7. The van der Waals surface area contributed by atoms with Gasteiger partial charge in [0.25, 0.3) is 5.91 Å². The molecular formula is C24H24N8O4. The zero-order chi connectivity index (χ0) is 24.9. The molecule has 1 fully saturated rings. The third-order valence-electron chi connectivity index (χ3n) is 6.54. The van der Waals surface area contributed by atoms with E-state index in [4.69, 9.17) is 9.26 Å². The van der Waals surface area contributed by atoms with Crippen molar-refractivity contribution in [2.75, 3.05) is 25.5 Å². The van der Waals surface area contributed by atoms with E-state index < -0.39 is 11.5 Å². The lowest BCUT2D eigenvalue weighted by Crippen LogP contribution is -2.35. The number of rotatable bonds is 5. The third kappa shape index (κ3) is 3.71. The second-order valence-corrected chi connectivity index (χ2v) is 8.89. The fourth-order valence-corrected chi connectivity index (χ4v) is 4.57. The van der Waals surface area contributed by atoms with Gasteiger partial charge in [-0.1, -0.05) is 11.2 Å². The lowest BCUT2D eigenvalue weighted by Gasteiger charge is -2.22. The van der Waals surface area contributed by atoms with Crippen LogP contribution in [0.15, 0.2) is 47.2 Å². The monoisotopic (exact) mass is 488 g/mol. The zero-order valence-electron chi connectivity index (χ0n) is 19.7. The molecule has 2 atom stereocenters. The molecule has 0 spiro atoms. The normalized spacial score (nSPS) is 21.6. The molecule has 4 aromatic heterocycles. The summed E-state index contributed by atoms with van der Waals surface area (Å²) in [6, 6.07) is 8.76. The van der Waals surface area contributed by atoms with Gasteiger partial charge in [0.2, 0.25) is 11.5 Å². The Balaban J connectivity index is 1.26. The number of carbonyl (C=O) groups excluding carboxylic acids is 1. The van der Waals surface area contributed by atoms with Gasteiger partial charge in [0.05, 0.1) is 53.9 Å². The molecule has 2 N–H and O–H groups in total. The highest BCUT2D eigenvalue weighted by molar-refractivity contribution is 5.87. The summed E-state index contributed by atoms with van der Waals surface area (Å²) >= 11 is 0. The van der Waals surface area contributed by atoms with Crippen LogP contribution in [0.2, 0.25) is 0 Å². The molecule has 36 heavy (non-hydrogen) atoms. The van der Waals surface area contributed by atoms with Gasteiger partial charge >= 0.3 is 0 Å². The van der Waals surface area contributed by atoms with Gasteiger partial charge in [-0.05, 0) is 25.1 Å². The summed E-state index contributed by atoms with van der Waals surface area (Å²) in [5.74, 6) is 0.104. The Bertz CT molecular complexity index is 1450. The maximum atomic E-state index is 12.4. The molecule has 0 bridgehead atoms. The molecule has 12 nitrogen and oxygen atoms in total. The van der Waals surface area contributed by atoms with Gasteiger partial charge in [-0.2, -0.15) is 5.10 Å². The smallest absolute Gasteiger partial charge is 0.262 e. The summed E-state index contributed by atoms with van der Waals surface area (Å²) < 4.78 is 13.0. The number of likely N-dealkylation sites (tertiary alicyclic amines) is 1. The van der Waals surface area contributed by atoms with E-state index in [1.165, 1.54) is 4.90 Å². The highest BCUT2D eigenvalue weighted by Gasteiger charge is 2.48. The van der Waals surface area contributed by atoms with Crippen LogP contribution in [-0.2, 0) is 21.7 Å². The van der Waals surface area contributed by atoms with E-state index in [9.17, 15) is 9.90 Å². The number of amides is 1. The first-order valence-electron chi connectivity index (χ1n) is 11.6. The number of carbonyl (C=O) groups is 1. The number of ether oxygens (including phenoxy) is 1. The van der Waals surface area contributed by atoms with Gasteiger partial charge in [0.1, 0.15) is 5.69 Å². The number of aromatic nitrogens is 6. The van der Waals surface area contributed by atoms with E-state index in [0.29, 0.717) is 48.4 Å². The molecule has 1 amide bonds. The van der Waals surface area contributed by atoms with E-state index in [2.05, 4.69) is 30.5 Å². The van der Waals surface area contributed by atoms with Gasteiger partial charge in [-0.15, -0.1) is 0 Å². The maximum absolute atomic E-state index is 12.4. The second-order valence-electron chi connectivity index (χ2n) is 8.89. The summed E-state index contributed by atoms with van der Waals surface area (Å²) in [5, 5.41) is 22.6. The molecule has 1 saturated heterocycles. The summed E-state index contributed by atoms with van der Waals surface area (Å²) in [5.41, 5.74) is 2.18. The molecule has 2 aliphatic rings. The molecule has 0 radical (unpaired) electrons. The number of anilines is 2. The minimum absolute atomic E-state index is 0.0874. The number of likely N-dealkylation sites (N-methyl/N-ethyl adjacent to an activating group) is 1. The van der Waals surface area contributed by atoms with Crippen LogP contribution in [0.4, 0.5) is 11.6 Å². The average molecular weight is 489 g/mol. The Morgan fingerprint density at radius 2 is 1.94 bits per heavy atom. The van der Waals surface area contributed by atoms with Crippen LogP contribution in [0.1, 0.15) is 30.9 Å². The summed E-state index contributed by atoms with van der Waals surface area (Å²) in [4.78, 5) is 27.5. The van der Waals surface area contributed by atoms with Crippen LogP contribution >= 0.6 is 0 Å². The predicted molar refractivity (Wildman–Crippen MR) is 127 cm³/mol. The van der Waals surface area contributed by atoms with Crippen LogP contribution in [0, 0.1) is 0 Å². The van der Waals surface area contributed by atoms with Crippen LogP contribution in [0.3, 0.4) is 0 Å². The Hall–Kier alpha value is -4.16. The van der Waals surface area contributed by atoms with E-state index >= 15 is 0 Å². The van der Waals surface area contributed by atoms with Crippen LogP contribution < -0.4 is 5.32 Å². The second kappa shape index (κ2) is 8.50. The molecule has 0 aromatic carbocycles. The quantitative estimate of drug-likeness (QED) is 0.429. The van der Waals surface area contributed by atoms with E-state index in [0.717, 1.165) is 11.4 Å². The SMILES string of the molecule is CC1OCCn2ncc(Nc3nccc(-c4cccc(-c5cc(C6(O)CCN(C)C6=O)on5)n4)n3)c21. The number of nitrogens with one attached hydrogen (secondary N) is 1. The van der Waals surface area contributed by atoms with Gasteiger partial charge in [0.15, 0.2) is 5.76 Å². The Morgan fingerprint density at radius 1 is 1.14 bits per heavy atom. The van der Waals surface area contributed by atoms with Crippen molar-refractivity contribution in [3.63, 3.8) is 0 Å². The molecule has 6 rings (SSSR count).